The minimum absolute atomic E-state index is 0.0683. The summed E-state index contributed by atoms with van der Waals surface area (Å²) in [6.07, 6.45) is 0. The summed E-state index contributed by atoms with van der Waals surface area (Å²) in [5.41, 5.74) is 0.0683. The highest BCUT2D eigenvalue weighted by atomic mass is 19.1. The fourth-order valence-electron chi connectivity index (χ4n) is 1.98. The lowest BCUT2D eigenvalue weighted by molar-refractivity contribution is 0.0714. The van der Waals surface area contributed by atoms with Crippen LogP contribution in [0.4, 0.5) is 8.78 Å². The molecule has 19 heavy (non-hydrogen) atoms. The van der Waals surface area contributed by atoms with Crippen molar-refractivity contribution in [2.75, 3.05) is 13.1 Å². The van der Waals surface area contributed by atoms with Crippen molar-refractivity contribution in [1.82, 2.24) is 4.90 Å². The Kier molecular flexibility index (Phi) is 5.45. The average molecular weight is 269 g/mol. The van der Waals surface area contributed by atoms with Gasteiger partial charge in [-0.2, -0.15) is 0 Å². The first-order chi connectivity index (χ1) is 8.79. The van der Waals surface area contributed by atoms with Gasteiger partial charge < -0.3 is 4.90 Å². The zero-order chi connectivity index (χ0) is 14.6. The Morgan fingerprint density at radius 2 is 1.42 bits per heavy atom. The van der Waals surface area contributed by atoms with Gasteiger partial charge in [0, 0.05) is 24.7 Å². The summed E-state index contributed by atoms with van der Waals surface area (Å²) in [5, 5.41) is 0. The summed E-state index contributed by atoms with van der Waals surface area (Å²) in [7, 11) is 0. The lowest BCUT2D eigenvalue weighted by Crippen LogP contribution is -2.37. The van der Waals surface area contributed by atoms with Gasteiger partial charge in [0.05, 0.1) is 0 Å². The third kappa shape index (κ3) is 4.97. The SMILES string of the molecule is CC(C)CN(CC(C)C)C(=O)c1cc(F)cc(F)c1. The number of hydrogen-bond donors (Lipinski definition) is 0. The molecule has 1 aromatic carbocycles. The molecule has 0 aliphatic rings. The highest BCUT2D eigenvalue weighted by molar-refractivity contribution is 5.94. The molecule has 1 amide bonds. The van der Waals surface area contributed by atoms with Crippen LogP contribution in [-0.4, -0.2) is 23.9 Å². The monoisotopic (exact) mass is 269 g/mol. The van der Waals surface area contributed by atoms with Crippen LogP contribution in [0.2, 0.25) is 0 Å². The van der Waals surface area contributed by atoms with Gasteiger partial charge in [-0.25, -0.2) is 8.78 Å². The standard InChI is InChI=1S/C15H21F2NO/c1-10(2)8-18(9-11(3)4)15(19)12-5-13(16)7-14(17)6-12/h5-7,10-11H,8-9H2,1-4H3. The van der Waals surface area contributed by atoms with Crippen molar-refractivity contribution < 1.29 is 13.6 Å². The fourth-order valence-corrected chi connectivity index (χ4v) is 1.98. The zero-order valence-electron chi connectivity index (χ0n) is 11.9. The van der Waals surface area contributed by atoms with Gasteiger partial charge >= 0.3 is 0 Å². The molecular weight excluding hydrogens is 248 g/mol. The largest absolute Gasteiger partial charge is 0.338 e. The molecule has 0 spiro atoms. The van der Waals surface area contributed by atoms with Crippen molar-refractivity contribution in [1.29, 1.82) is 0 Å². The molecule has 0 aromatic heterocycles. The van der Waals surface area contributed by atoms with Crippen LogP contribution in [-0.2, 0) is 0 Å². The van der Waals surface area contributed by atoms with Crippen LogP contribution in [0.3, 0.4) is 0 Å². The van der Waals surface area contributed by atoms with Crippen molar-refractivity contribution in [2.24, 2.45) is 11.8 Å². The Labute approximate surface area is 113 Å². The number of carbonyl (C=O) groups excluding carboxylic acids is 1. The molecule has 0 unspecified atom stereocenters. The van der Waals surface area contributed by atoms with Crippen LogP contribution < -0.4 is 0 Å². The van der Waals surface area contributed by atoms with E-state index in [9.17, 15) is 13.6 Å². The summed E-state index contributed by atoms with van der Waals surface area (Å²) < 4.78 is 26.3. The predicted octanol–water partition coefficient (Wildman–Crippen LogP) is 3.72. The third-order valence-electron chi connectivity index (χ3n) is 2.57. The minimum atomic E-state index is -0.725. The molecular formula is C15H21F2NO. The molecule has 0 radical (unpaired) electrons. The fraction of sp³-hybridized carbons (Fsp3) is 0.533. The van der Waals surface area contributed by atoms with Gasteiger partial charge in [-0.3, -0.25) is 4.79 Å². The van der Waals surface area contributed by atoms with Crippen LogP contribution in [0.15, 0.2) is 18.2 Å². The molecule has 4 heteroatoms. The smallest absolute Gasteiger partial charge is 0.254 e. The summed E-state index contributed by atoms with van der Waals surface area (Å²) in [5.74, 6) is -1.15. The molecule has 0 aliphatic carbocycles. The Morgan fingerprint density at radius 3 is 1.79 bits per heavy atom. The zero-order valence-corrected chi connectivity index (χ0v) is 11.9. The normalized spacial score (nSPS) is 11.2. The second kappa shape index (κ2) is 6.64. The van der Waals surface area contributed by atoms with Gasteiger partial charge in [-0.15, -0.1) is 0 Å². The molecule has 0 heterocycles. The molecule has 0 aliphatic heterocycles. The van der Waals surface area contributed by atoms with E-state index in [0.29, 0.717) is 24.9 Å². The van der Waals surface area contributed by atoms with Crippen molar-refractivity contribution in [3.8, 4) is 0 Å². The number of hydrogen-bond acceptors (Lipinski definition) is 1. The van der Waals surface area contributed by atoms with Crippen molar-refractivity contribution in [3.05, 3.63) is 35.4 Å². The van der Waals surface area contributed by atoms with Crippen molar-refractivity contribution >= 4 is 5.91 Å². The number of nitrogens with zero attached hydrogens (tertiary/aromatic N) is 1. The van der Waals surface area contributed by atoms with Gasteiger partial charge in [-0.05, 0) is 24.0 Å². The maximum atomic E-state index is 13.2. The van der Waals surface area contributed by atoms with E-state index in [4.69, 9.17) is 0 Å². The molecule has 0 fully saturated rings. The second-order valence-corrected chi connectivity index (χ2v) is 5.66. The molecule has 2 nitrogen and oxygen atoms in total. The first-order valence-corrected chi connectivity index (χ1v) is 6.55. The molecule has 0 saturated carbocycles. The topological polar surface area (TPSA) is 20.3 Å². The number of rotatable bonds is 5. The number of benzene rings is 1. The van der Waals surface area contributed by atoms with Crippen LogP contribution >= 0.6 is 0 Å². The molecule has 0 atom stereocenters. The average Bonchev–Trinajstić information content (AvgIpc) is 2.24. The maximum Gasteiger partial charge on any atom is 0.254 e. The molecule has 0 saturated heterocycles. The van der Waals surface area contributed by atoms with E-state index in [1.807, 2.05) is 27.7 Å². The molecule has 1 rings (SSSR count). The van der Waals surface area contributed by atoms with E-state index in [1.54, 1.807) is 4.90 Å². The lowest BCUT2D eigenvalue weighted by Gasteiger charge is -2.26. The molecule has 0 bridgehead atoms. The van der Waals surface area contributed by atoms with Gasteiger partial charge in [0.1, 0.15) is 11.6 Å². The summed E-state index contributed by atoms with van der Waals surface area (Å²) >= 11 is 0. The van der Waals surface area contributed by atoms with Crippen LogP contribution in [0.1, 0.15) is 38.1 Å². The number of amides is 1. The van der Waals surface area contributed by atoms with E-state index >= 15 is 0 Å². The number of halogens is 2. The summed E-state index contributed by atoms with van der Waals surface area (Å²) in [4.78, 5) is 14.0. The summed E-state index contributed by atoms with van der Waals surface area (Å²) in [6, 6.07) is 2.93. The van der Waals surface area contributed by atoms with E-state index in [1.165, 1.54) is 0 Å². The van der Waals surface area contributed by atoms with Gasteiger partial charge in [0.25, 0.3) is 5.91 Å². The van der Waals surface area contributed by atoms with Crippen molar-refractivity contribution in [2.45, 2.75) is 27.7 Å². The Balaban J connectivity index is 2.97. The van der Waals surface area contributed by atoms with Gasteiger partial charge in [0.2, 0.25) is 0 Å². The lowest BCUT2D eigenvalue weighted by atomic mass is 10.1. The quantitative estimate of drug-likeness (QED) is 0.797. The third-order valence-corrected chi connectivity index (χ3v) is 2.57. The Bertz CT molecular complexity index is 414. The van der Waals surface area contributed by atoms with Crippen LogP contribution in [0.25, 0.3) is 0 Å². The van der Waals surface area contributed by atoms with Gasteiger partial charge in [0.15, 0.2) is 0 Å². The maximum absolute atomic E-state index is 13.2. The van der Waals surface area contributed by atoms with Gasteiger partial charge in [-0.1, -0.05) is 27.7 Å². The Hall–Kier alpha value is -1.45. The first kappa shape index (κ1) is 15.6. The molecule has 106 valence electrons. The van der Waals surface area contributed by atoms with E-state index < -0.39 is 11.6 Å². The highest BCUT2D eigenvalue weighted by Gasteiger charge is 2.19. The van der Waals surface area contributed by atoms with Crippen LogP contribution in [0.5, 0.6) is 0 Å². The first-order valence-electron chi connectivity index (χ1n) is 6.55. The minimum Gasteiger partial charge on any atom is -0.338 e. The van der Waals surface area contributed by atoms with E-state index in [2.05, 4.69) is 0 Å². The van der Waals surface area contributed by atoms with E-state index in [-0.39, 0.29) is 11.5 Å². The van der Waals surface area contributed by atoms with Crippen molar-refractivity contribution in [3.63, 3.8) is 0 Å². The Morgan fingerprint density at radius 1 is 1.00 bits per heavy atom. The number of carbonyl (C=O) groups is 1. The second-order valence-electron chi connectivity index (χ2n) is 5.66. The van der Waals surface area contributed by atoms with E-state index in [0.717, 1.165) is 18.2 Å². The molecule has 0 N–H and O–H groups in total. The summed E-state index contributed by atoms with van der Waals surface area (Å²) in [6.45, 7) is 9.18. The molecule has 1 aromatic rings. The predicted molar refractivity (Wildman–Crippen MR) is 71.9 cm³/mol. The highest BCUT2D eigenvalue weighted by Crippen LogP contribution is 2.13. The van der Waals surface area contributed by atoms with Crippen LogP contribution in [0, 0.1) is 23.5 Å².